The number of nitrogens with one attached hydrogen (secondary N) is 2. The molecule has 3 aromatic rings. The van der Waals surface area contributed by atoms with E-state index in [1.54, 1.807) is 13.2 Å². The molecule has 6 heteroatoms. The Balaban J connectivity index is 0.00000341. The topological polar surface area (TPSA) is 58.5 Å². The fraction of sp³-hybridized carbons (Fsp3) is 0.280. The third-order valence-electron chi connectivity index (χ3n) is 4.71. The van der Waals surface area contributed by atoms with Crippen molar-refractivity contribution < 1.29 is 4.74 Å². The molecule has 31 heavy (non-hydrogen) atoms. The number of hydrogen-bond donors (Lipinski definition) is 2. The van der Waals surface area contributed by atoms with Gasteiger partial charge in [0.2, 0.25) is 0 Å². The highest BCUT2D eigenvalue weighted by Crippen LogP contribution is 2.14. The minimum atomic E-state index is 0. The van der Waals surface area contributed by atoms with Crippen LogP contribution in [0.3, 0.4) is 0 Å². The van der Waals surface area contributed by atoms with E-state index in [1.807, 2.05) is 30.3 Å². The van der Waals surface area contributed by atoms with E-state index in [0.717, 1.165) is 49.8 Å². The Labute approximate surface area is 202 Å². The second-order valence-corrected chi connectivity index (χ2v) is 7.01. The summed E-state index contributed by atoms with van der Waals surface area (Å²) in [5.41, 5.74) is 3.58. The highest BCUT2D eigenvalue weighted by Gasteiger charge is 2.01. The number of aliphatic imine (C=N–C) groups is 1. The van der Waals surface area contributed by atoms with Gasteiger partial charge in [-0.15, -0.1) is 24.0 Å². The van der Waals surface area contributed by atoms with Crippen LogP contribution in [-0.4, -0.2) is 31.1 Å². The summed E-state index contributed by atoms with van der Waals surface area (Å²) >= 11 is 0. The Morgan fingerprint density at radius 3 is 2.48 bits per heavy atom. The summed E-state index contributed by atoms with van der Waals surface area (Å²) < 4.78 is 5.94. The Hall–Kier alpha value is -2.61. The number of ether oxygens (including phenoxy) is 1. The van der Waals surface area contributed by atoms with Gasteiger partial charge in [-0.3, -0.25) is 9.98 Å². The first-order valence-corrected chi connectivity index (χ1v) is 10.4. The summed E-state index contributed by atoms with van der Waals surface area (Å²) in [6, 6.07) is 24.7. The van der Waals surface area contributed by atoms with E-state index in [4.69, 9.17) is 4.74 Å². The van der Waals surface area contributed by atoms with Gasteiger partial charge in [-0.2, -0.15) is 0 Å². The molecule has 0 aliphatic heterocycles. The van der Waals surface area contributed by atoms with Crippen molar-refractivity contribution in [1.82, 2.24) is 15.6 Å². The largest absolute Gasteiger partial charge is 0.494 e. The molecule has 164 valence electrons. The van der Waals surface area contributed by atoms with Crippen molar-refractivity contribution in [3.63, 3.8) is 0 Å². The molecule has 0 fully saturated rings. The highest BCUT2D eigenvalue weighted by atomic mass is 127. The van der Waals surface area contributed by atoms with E-state index in [1.165, 1.54) is 11.1 Å². The molecule has 0 aliphatic rings. The minimum Gasteiger partial charge on any atom is -0.494 e. The third kappa shape index (κ3) is 9.38. The van der Waals surface area contributed by atoms with Gasteiger partial charge in [0.25, 0.3) is 0 Å². The van der Waals surface area contributed by atoms with Gasteiger partial charge < -0.3 is 15.4 Å². The van der Waals surface area contributed by atoms with Crippen molar-refractivity contribution in [2.45, 2.75) is 25.8 Å². The fourth-order valence-electron chi connectivity index (χ4n) is 3.12. The molecule has 0 saturated heterocycles. The molecule has 2 aromatic carbocycles. The van der Waals surface area contributed by atoms with Crippen LogP contribution in [-0.2, 0) is 19.4 Å². The quantitative estimate of drug-likeness (QED) is 0.174. The smallest absolute Gasteiger partial charge is 0.191 e. The molecule has 3 rings (SSSR count). The second kappa shape index (κ2) is 14.4. The van der Waals surface area contributed by atoms with E-state index in [-0.39, 0.29) is 24.0 Å². The average Bonchev–Trinajstić information content (AvgIpc) is 2.81. The van der Waals surface area contributed by atoms with Crippen LogP contribution in [0.25, 0.3) is 0 Å². The first-order chi connectivity index (χ1) is 14.8. The molecule has 0 aliphatic carbocycles. The molecular weight excluding hydrogens is 499 g/mol. The van der Waals surface area contributed by atoms with Crippen LogP contribution < -0.4 is 15.4 Å². The lowest BCUT2D eigenvalue weighted by molar-refractivity contribution is 0.310. The predicted molar refractivity (Wildman–Crippen MR) is 138 cm³/mol. The summed E-state index contributed by atoms with van der Waals surface area (Å²) in [6.45, 7) is 2.16. The fourth-order valence-corrected chi connectivity index (χ4v) is 3.12. The standard InChI is InChI=1S/C25H30N4O.HI/c1-26-25(29-20-23-13-5-6-16-27-23)28-17-15-22-11-7-14-24(19-22)30-18-8-12-21-9-3-2-4-10-21;/h2-7,9-11,13-14,16,19H,8,12,15,17-18,20H2,1H3,(H2,26,28,29);1H. The van der Waals surface area contributed by atoms with Crippen molar-refractivity contribution in [1.29, 1.82) is 0 Å². The van der Waals surface area contributed by atoms with Gasteiger partial charge in [0, 0.05) is 19.8 Å². The first kappa shape index (κ1) is 24.7. The van der Waals surface area contributed by atoms with Gasteiger partial charge in [-0.25, -0.2) is 0 Å². The molecule has 1 heterocycles. The Kier molecular flexibility index (Phi) is 11.5. The molecule has 0 atom stereocenters. The van der Waals surface area contributed by atoms with E-state index < -0.39 is 0 Å². The molecular formula is C25H31IN4O. The van der Waals surface area contributed by atoms with Crippen LogP contribution in [0.15, 0.2) is 84.0 Å². The number of guanidine groups is 1. The molecule has 0 bridgehead atoms. The van der Waals surface area contributed by atoms with Crippen molar-refractivity contribution in [3.8, 4) is 5.75 Å². The van der Waals surface area contributed by atoms with Gasteiger partial charge in [-0.1, -0.05) is 48.5 Å². The second-order valence-electron chi connectivity index (χ2n) is 7.01. The number of aromatic nitrogens is 1. The first-order valence-electron chi connectivity index (χ1n) is 10.4. The summed E-state index contributed by atoms with van der Waals surface area (Å²) in [5, 5.41) is 6.63. The molecule has 0 radical (unpaired) electrons. The molecule has 1 aromatic heterocycles. The number of pyridine rings is 1. The van der Waals surface area contributed by atoms with Crippen LogP contribution in [0, 0.1) is 0 Å². The maximum absolute atomic E-state index is 5.94. The lowest BCUT2D eigenvalue weighted by atomic mass is 10.1. The normalized spacial score (nSPS) is 10.8. The monoisotopic (exact) mass is 530 g/mol. The van der Waals surface area contributed by atoms with Gasteiger partial charge >= 0.3 is 0 Å². The predicted octanol–water partition coefficient (Wildman–Crippen LogP) is 4.62. The van der Waals surface area contributed by atoms with E-state index in [9.17, 15) is 0 Å². The zero-order chi connectivity index (χ0) is 20.9. The molecule has 0 unspecified atom stereocenters. The van der Waals surface area contributed by atoms with E-state index in [2.05, 4.69) is 63.1 Å². The van der Waals surface area contributed by atoms with Crippen molar-refractivity contribution >= 4 is 29.9 Å². The average molecular weight is 530 g/mol. The number of benzene rings is 2. The number of aryl methyl sites for hydroxylation is 1. The van der Waals surface area contributed by atoms with Crippen molar-refractivity contribution in [2.24, 2.45) is 4.99 Å². The lowest BCUT2D eigenvalue weighted by Crippen LogP contribution is -2.38. The van der Waals surface area contributed by atoms with Gasteiger partial charge in [-0.05, 0) is 54.7 Å². The Bertz CT molecular complexity index is 904. The Morgan fingerprint density at radius 2 is 1.71 bits per heavy atom. The SMILES string of the molecule is CN=C(NCCc1cccc(OCCCc2ccccc2)c1)NCc1ccccn1.I. The van der Waals surface area contributed by atoms with E-state index >= 15 is 0 Å². The lowest BCUT2D eigenvalue weighted by Gasteiger charge is -2.12. The van der Waals surface area contributed by atoms with Crippen LogP contribution in [0.1, 0.15) is 23.2 Å². The summed E-state index contributed by atoms with van der Waals surface area (Å²) in [4.78, 5) is 8.58. The van der Waals surface area contributed by atoms with Gasteiger partial charge in [0.1, 0.15) is 5.75 Å². The van der Waals surface area contributed by atoms with Crippen molar-refractivity contribution in [2.75, 3.05) is 20.2 Å². The Morgan fingerprint density at radius 1 is 0.903 bits per heavy atom. The zero-order valence-electron chi connectivity index (χ0n) is 18.0. The molecule has 0 spiro atoms. The molecule has 2 N–H and O–H groups in total. The third-order valence-corrected chi connectivity index (χ3v) is 4.71. The minimum absolute atomic E-state index is 0. The number of rotatable bonds is 10. The van der Waals surface area contributed by atoms with Crippen LogP contribution in [0.4, 0.5) is 0 Å². The number of halogens is 1. The molecule has 5 nitrogen and oxygen atoms in total. The highest BCUT2D eigenvalue weighted by molar-refractivity contribution is 14.0. The summed E-state index contributed by atoms with van der Waals surface area (Å²) in [7, 11) is 1.78. The zero-order valence-corrected chi connectivity index (χ0v) is 20.3. The summed E-state index contributed by atoms with van der Waals surface area (Å²) in [5.74, 6) is 1.70. The van der Waals surface area contributed by atoms with Gasteiger partial charge in [0.15, 0.2) is 5.96 Å². The maximum atomic E-state index is 5.94. The maximum Gasteiger partial charge on any atom is 0.191 e. The van der Waals surface area contributed by atoms with Crippen molar-refractivity contribution in [3.05, 3.63) is 95.8 Å². The number of nitrogens with zero attached hydrogens (tertiary/aromatic N) is 2. The van der Waals surface area contributed by atoms with E-state index in [0.29, 0.717) is 6.54 Å². The van der Waals surface area contributed by atoms with Crippen LogP contribution in [0.2, 0.25) is 0 Å². The molecule has 0 amide bonds. The van der Waals surface area contributed by atoms with Gasteiger partial charge in [0.05, 0.1) is 18.8 Å². The summed E-state index contributed by atoms with van der Waals surface area (Å²) in [6.07, 6.45) is 4.73. The van der Waals surface area contributed by atoms with Crippen LogP contribution in [0.5, 0.6) is 5.75 Å². The van der Waals surface area contributed by atoms with Crippen LogP contribution >= 0.6 is 24.0 Å². The number of hydrogen-bond acceptors (Lipinski definition) is 3. The molecule has 0 saturated carbocycles.